The first-order valence-electron chi connectivity index (χ1n) is 3.76. The van der Waals surface area contributed by atoms with Crippen molar-refractivity contribution >= 4 is 30.2 Å². The van der Waals surface area contributed by atoms with Crippen LogP contribution in [0.4, 0.5) is 0 Å². The fraction of sp³-hybridized carbons (Fsp3) is 0.222. The first kappa shape index (κ1) is 8.20. The summed E-state index contributed by atoms with van der Waals surface area (Å²) < 4.78 is 0. The Bertz CT molecular complexity index is 333. The number of ketones is 1. The predicted molar refractivity (Wildman–Crippen MR) is 53.4 cm³/mol. The average Bonchev–Trinajstić information content (AvgIpc) is 2.04. The molecule has 1 heterocycles. The Balaban J connectivity index is 2.53. The van der Waals surface area contributed by atoms with E-state index in [1.807, 2.05) is 18.2 Å². The molecule has 12 heavy (non-hydrogen) atoms. The molecule has 0 amide bonds. The molecule has 0 bridgehead atoms. The van der Waals surface area contributed by atoms with Gasteiger partial charge in [-0.25, -0.2) is 0 Å². The van der Waals surface area contributed by atoms with Crippen LogP contribution in [0, 0.1) is 0 Å². The molecule has 0 N–H and O–H groups in total. The number of thioether (sulfide) groups is 1. The fourth-order valence-electron chi connectivity index (χ4n) is 1.25. The van der Waals surface area contributed by atoms with Crippen LogP contribution in [-0.2, 0) is 0 Å². The van der Waals surface area contributed by atoms with Gasteiger partial charge < -0.3 is 0 Å². The number of carbonyl (C=O) groups is 1. The first-order valence-corrected chi connectivity index (χ1v) is 5.19. The Morgan fingerprint density at radius 3 is 3.08 bits per heavy atom. The zero-order valence-electron chi connectivity index (χ0n) is 6.41. The van der Waals surface area contributed by atoms with E-state index < -0.39 is 0 Å². The van der Waals surface area contributed by atoms with Crippen LogP contribution in [0.5, 0.6) is 0 Å². The van der Waals surface area contributed by atoms with Gasteiger partial charge in [0.2, 0.25) is 0 Å². The van der Waals surface area contributed by atoms with E-state index in [2.05, 4.69) is 12.6 Å². The second-order valence-corrected chi connectivity index (χ2v) is 4.36. The molecule has 0 aliphatic carbocycles. The molecule has 1 aliphatic rings. The van der Waals surface area contributed by atoms with Crippen LogP contribution in [0.2, 0.25) is 0 Å². The van der Waals surface area contributed by atoms with Gasteiger partial charge in [-0.3, -0.25) is 4.79 Å². The fourth-order valence-corrected chi connectivity index (χ4v) is 2.60. The lowest BCUT2D eigenvalue weighted by atomic mass is 10.1. The quantitative estimate of drug-likeness (QED) is 0.642. The zero-order chi connectivity index (χ0) is 8.55. The summed E-state index contributed by atoms with van der Waals surface area (Å²) in [5, 5.41) is 0. The molecular weight excluding hydrogens is 188 g/mol. The molecule has 0 saturated heterocycles. The number of fused-ring (bicyclic) bond motifs is 1. The largest absolute Gasteiger partial charge is 0.294 e. The van der Waals surface area contributed by atoms with E-state index in [1.165, 1.54) is 0 Å². The summed E-state index contributed by atoms with van der Waals surface area (Å²) >= 11 is 5.96. The highest BCUT2D eigenvalue weighted by Gasteiger charge is 2.16. The van der Waals surface area contributed by atoms with Crippen molar-refractivity contribution in [2.75, 3.05) is 5.75 Å². The molecule has 0 radical (unpaired) electrons. The number of thiol groups is 1. The van der Waals surface area contributed by atoms with Crippen LogP contribution in [0.15, 0.2) is 28.0 Å². The molecule has 62 valence electrons. The Morgan fingerprint density at radius 2 is 2.25 bits per heavy atom. The second-order valence-electron chi connectivity index (χ2n) is 2.70. The number of carbonyl (C=O) groups excluding carboxylic acids is 1. The SMILES string of the molecule is O=C1CCSc2cc(S)ccc21. The third kappa shape index (κ3) is 1.39. The topological polar surface area (TPSA) is 17.1 Å². The average molecular weight is 196 g/mol. The van der Waals surface area contributed by atoms with Gasteiger partial charge in [-0.1, -0.05) is 0 Å². The third-order valence-electron chi connectivity index (χ3n) is 1.85. The van der Waals surface area contributed by atoms with Crippen molar-refractivity contribution in [3.05, 3.63) is 23.8 Å². The van der Waals surface area contributed by atoms with Crippen molar-refractivity contribution < 1.29 is 4.79 Å². The molecular formula is C9H8OS2. The summed E-state index contributed by atoms with van der Waals surface area (Å²) in [5.41, 5.74) is 0.865. The molecule has 0 atom stereocenters. The van der Waals surface area contributed by atoms with Gasteiger partial charge in [-0.05, 0) is 18.2 Å². The van der Waals surface area contributed by atoms with Crippen molar-refractivity contribution in [1.29, 1.82) is 0 Å². The van der Waals surface area contributed by atoms with E-state index in [0.29, 0.717) is 6.42 Å². The monoisotopic (exact) mass is 196 g/mol. The number of hydrogen-bond donors (Lipinski definition) is 1. The smallest absolute Gasteiger partial charge is 0.164 e. The highest BCUT2D eigenvalue weighted by atomic mass is 32.2. The standard InChI is InChI=1S/C9H8OS2/c10-8-3-4-12-9-5-6(11)1-2-7(8)9/h1-2,5,11H,3-4H2. The number of rotatable bonds is 0. The van der Waals surface area contributed by atoms with Gasteiger partial charge in [0, 0.05) is 27.5 Å². The molecule has 0 spiro atoms. The molecule has 1 aliphatic heterocycles. The normalized spacial score (nSPS) is 15.9. The van der Waals surface area contributed by atoms with Gasteiger partial charge in [0.15, 0.2) is 5.78 Å². The van der Waals surface area contributed by atoms with Gasteiger partial charge in [-0.2, -0.15) is 0 Å². The van der Waals surface area contributed by atoms with Gasteiger partial charge in [0.05, 0.1) is 0 Å². The summed E-state index contributed by atoms with van der Waals surface area (Å²) in [4.78, 5) is 13.4. The van der Waals surface area contributed by atoms with Gasteiger partial charge >= 0.3 is 0 Å². The summed E-state index contributed by atoms with van der Waals surface area (Å²) in [7, 11) is 0. The molecule has 0 saturated carbocycles. The summed E-state index contributed by atoms with van der Waals surface area (Å²) in [5.74, 6) is 1.17. The van der Waals surface area contributed by atoms with Crippen LogP contribution in [0.25, 0.3) is 0 Å². The highest BCUT2D eigenvalue weighted by Crippen LogP contribution is 2.31. The molecule has 0 unspecified atom stereocenters. The van der Waals surface area contributed by atoms with Crippen LogP contribution < -0.4 is 0 Å². The van der Waals surface area contributed by atoms with E-state index in [-0.39, 0.29) is 5.78 Å². The number of Topliss-reactive ketones (excluding diaryl/α,β-unsaturated/α-hetero) is 1. The Hall–Kier alpha value is -0.410. The number of benzene rings is 1. The number of hydrogen-bond acceptors (Lipinski definition) is 3. The van der Waals surface area contributed by atoms with Crippen molar-refractivity contribution in [1.82, 2.24) is 0 Å². The van der Waals surface area contributed by atoms with Crippen LogP contribution >= 0.6 is 24.4 Å². The van der Waals surface area contributed by atoms with E-state index in [9.17, 15) is 4.79 Å². The Kier molecular flexibility index (Phi) is 2.15. The van der Waals surface area contributed by atoms with Gasteiger partial charge in [0.25, 0.3) is 0 Å². The maximum atomic E-state index is 11.4. The van der Waals surface area contributed by atoms with Crippen molar-refractivity contribution in [2.45, 2.75) is 16.2 Å². The lowest BCUT2D eigenvalue weighted by Crippen LogP contribution is -2.07. The minimum atomic E-state index is 0.261. The predicted octanol–water partition coefficient (Wildman–Crippen LogP) is 2.65. The van der Waals surface area contributed by atoms with Crippen LogP contribution in [0.1, 0.15) is 16.8 Å². The summed E-state index contributed by atoms with van der Waals surface area (Å²) in [6.07, 6.45) is 0.670. The maximum absolute atomic E-state index is 11.4. The van der Waals surface area contributed by atoms with Gasteiger partial charge in [0.1, 0.15) is 0 Å². The molecule has 2 rings (SSSR count). The van der Waals surface area contributed by atoms with E-state index in [1.54, 1.807) is 11.8 Å². The third-order valence-corrected chi connectivity index (χ3v) is 3.19. The molecule has 0 fully saturated rings. The summed E-state index contributed by atoms with van der Waals surface area (Å²) in [6.45, 7) is 0. The molecule has 0 aromatic heterocycles. The maximum Gasteiger partial charge on any atom is 0.164 e. The van der Waals surface area contributed by atoms with Crippen LogP contribution in [0.3, 0.4) is 0 Å². The van der Waals surface area contributed by atoms with E-state index in [0.717, 1.165) is 21.1 Å². The minimum Gasteiger partial charge on any atom is -0.294 e. The molecule has 1 aromatic carbocycles. The molecule has 1 aromatic rings. The molecule has 1 nitrogen and oxygen atoms in total. The lowest BCUT2D eigenvalue weighted by Gasteiger charge is -2.13. The highest BCUT2D eigenvalue weighted by molar-refractivity contribution is 7.99. The van der Waals surface area contributed by atoms with Crippen molar-refractivity contribution in [3.63, 3.8) is 0 Å². The van der Waals surface area contributed by atoms with E-state index >= 15 is 0 Å². The van der Waals surface area contributed by atoms with Crippen molar-refractivity contribution in [2.24, 2.45) is 0 Å². The minimum absolute atomic E-state index is 0.261. The van der Waals surface area contributed by atoms with Crippen LogP contribution in [-0.4, -0.2) is 11.5 Å². The zero-order valence-corrected chi connectivity index (χ0v) is 8.12. The van der Waals surface area contributed by atoms with E-state index in [4.69, 9.17) is 0 Å². The lowest BCUT2D eigenvalue weighted by molar-refractivity contribution is 0.0984. The Labute approximate surface area is 81.0 Å². The van der Waals surface area contributed by atoms with Gasteiger partial charge in [-0.15, -0.1) is 24.4 Å². The molecule has 3 heteroatoms. The van der Waals surface area contributed by atoms with Crippen molar-refractivity contribution in [3.8, 4) is 0 Å². The summed E-state index contributed by atoms with van der Waals surface area (Å²) in [6, 6.07) is 5.69. The second kappa shape index (κ2) is 3.15. The first-order chi connectivity index (χ1) is 5.77. The Morgan fingerprint density at radius 1 is 1.42 bits per heavy atom.